The lowest BCUT2D eigenvalue weighted by atomic mass is 10.1. The van der Waals surface area contributed by atoms with Crippen molar-refractivity contribution in [3.63, 3.8) is 0 Å². The van der Waals surface area contributed by atoms with Crippen LogP contribution in [-0.2, 0) is 4.79 Å². The zero-order chi connectivity index (χ0) is 24.7. The van der Waals surface area contributed by atoms with Gasteiger partial charge in [0.25, 0.3) is 5.91 Å². The second kappa shape index (κ2) is 12.5. The third-order valence-corrected chi connectivity index (χ3v) is 6.83. The summed E-state index contributed by atoms with van der Waals surface area (Å²) in [4.78, 5) is 34.9. The summed E-state index contributed by atoms with van der Waals surface area (Å²) in [6, 6.07) is 5.20. The summed E-state index contributed by atoms with van der Waals surface area (Å²) in [6.07, 6.45) is 0.843. The number of benzene rings is 1. The molecule has 0 saturated carbocycles. The minimum atomic E-state index is -0.152. The van der Waals surface area contributed by atoms with Crippen molar-refractivity contribution < 1.29 is 14.3 Å². The van der Waals surface area contributed by atoms with Crippen molar-refractivity contribution in [3.05, 3.63) is 23.8 Å². The van der Waals surface area contributed by atoms with Gasteiger partial charge >= 0.3 is 0 Å². The summed E-state index contributed by atoms with van der Waals surface area (Å²) in [7, 11) is 5.85. The van der Waals surface area contributed by atoms with Crippen molar-refractivity contribution in [1.29, 1.82) is 0 Å². The average molecular weight is 475 g/mol. The molecular formula is C25H42N6O3. The van der Waals surface area contributed by atoms with Crippen LogP contribution in [0, 0.1) is 5.92 Å². The molecule has 9 heteroatoms. The van der Waals surface area contributed by atoms with Crippen LogP contribution in [0.25, 0.3) is 0 Å². The monoisotopic (exact) mass is 474 g/mol. The molecule has 0 aliphatic carbocycles. The van der Waals surface area contributed by atoms with E-state index >= 15 is 0 Å². The Labute approximate surface area is 204 Å². The summed E-state index contributed by atoms with van der Waals surface area (Å²) in [5, 5.41) is 6.15. The Hall–Kier alpha value is -2.20. The maximum Gasteiger partial charge on any atom is 0.256 e. The maximum atomic E-state index is 13.3. The molecule has 2 N–H and O–H groups in total. The van der Waals surface area contributed by atoms with Gasteiger partial charge in [0.2, 0.25) is 5.91 Å². The van der Waals surface area contributed by atoms with E-state index in [0.717, 1.165) is 65.3 Å². The Balaban J connectivity index is 1.69. The van der Waals surface area contributed by atoms with Gasteiger partial charge in [-0.25, -0.2) is 0 Å². The minimum Gasteiger partial charge on any atom is -0.496 e. The second-order valence-electron chi connectivity index (χ2n) is 9.82. The van der Waals surface area contributed by atoms with E-state index in [1.165, 1.54) is 0 Å². The predicted octanol–water partition coefficient (Wildman–Crippen LogP) is 1.23. The zero-order valence-electron chi connectivity index (χ0n) is 21.5. The predicted molar refractivity (Wildman–Crippen MR) is 135 cm³/mol. The van der Waals surface area contributed by atoms with Crippen molar-refractivity contribution in [3.8, 4) is 5.75 Å². The molecule has 0 radical (unpaired) electrons. The van der Waals surface area contributed by atoms with Crippen LogP contribution in [0.1, 0.15) is 30.6 Å². The molecule has 1 aromatic carbocycles. The second-order valence-corrected chi connectivity index (χ2v) is 9.82. The first-order valence-corrected chi connectivity index (χ1v) is 12.4. The number of rotatable bonds is 9. The third-order valence-electron chi connectivity index (χ3n) is 6.83. The van der Waals surface area contributed by atoms with Gasteiger partial charge in [-0.3, -0.25) is 14.5 Å². The number of amides is 2. The van der Waals surface area contributed by atoms with Crippen LogP contribution < -0.4 is 15.4 Å². The van der Waals surface area contributed by atoms with Gasteiger partial charge in [-0.15, -0.1) is 0 Å². The number of likely N-dealkylation sites (N-methyl/N-ethyl adjacent to an activating group) is 2. The Bertz CT molecular complexity index is 817. The summed E-state index contributed by atoms with van der Waals surface area (Å²) in [6.45, 7) is 12.8. The van der Waals surface area contributed by atoms with Crippen molar-refractivity contribution in [2.45, 2.75) is 26.4 Å². The molecule has 2 saturated heterocycles. The topological polar surface area (TPSA) is 80.4 Å². The number of hydrogen-bond donors (Lipinski definition) is 2. The van der Waals surface area contributed by atoms with Crippen LogP contribution in [0.2, 0.25) is 0 Å². The molecule has 0 bridgehead atoms. The van der Waals surface area contributed by atoms with Crippen molar-refractivity contribution in [2.24, 2.45) is 5.92 Å². The molecular weight excluding hydrogens is 432 g/mol. The van der Waals surface area contributed by atoms with Gasteiger partial charge in [0.1, 0.15) is 5.75 Å². The van der Waals surface area contributed by atoms with E-state index in [0.29, 0.717) is 17.0 Å². The molecule has 1 atom stereocenters. The Kier molecular flexibility index (Phi) is 9.70. The van der Waals surface area contributed by atoms with Gasteiger partial charge in [-0.2, -0.15) is 0 Å². The molecule has 1 aromatic rings. The lowest BCUT2D eigenvalue weighted by Crippen LogP contribution is -2.56. The smallest absolute Gasteiger partial charge is 0.256 e. The number of carbonyl (C=O) groups is 2. The van der Waals surface area contributed by atoms with E-state index in [1.54, 1.807) is 25.3 Å². The Morgan fingerprint density at radius 3 is 2.18 bits per heavy atom. The summed E-state index contributed by atoms with van der Waals surface area (Å²) < 4.78 is 5.51. The van der Waals surface area contributed by atoms with Crippen LogP contribution in [0.15, 0.2) is 18.2 Å². The number of nitrogens with one attached hydrogen (secondary N) is 2. The number of nitrogens with zero attached hydrogens (tertiary/aromatic N) is 4. The Morgan fingerprint density at radius 1 is 0.971 bits per heavy atom. The number of ether oxygens (including phenoxy) is 1. The molecule has 2 amide bonds. The Morgan fingerprint density at radius 2 is 1.59 bits per heavy atom. The van der Waals surface area contributed by atoms with E-state index in [2.05, 4.69) is 44.3 Å². The number of methoxy groups -OCH3 is 1. The van der Waals surface area contributed by atoms with Gasteiger partial charge < -0.3 is 30.1 Å². The molecule has 1 unspecified atom stereocenters. The van der Waals surface area contributed by atoms with Crippen molar-refractivity contribution in [1.82, 2.24) is 24.9 Å². The maximum absolute atomic E-state index is 13.3. The standard InChI is InChI=1S/C25H42N6O3/c1-19(2)24(32)26-20-6-7-21(22(18-20)34-5)25(33)27-23(31-16-12-29(4)13-17-31)8-9-30-14-10-28(3)11-15-30/h6-7,18-19,23H,8-17H2,1-5H3,(H,26,32)(H,27,33). The molecule has 2 fully saturated rings. The van der Waals surface area contributed by atoms with E-state index in [4.69, 9.17) is 4.74 Å². The van der Waals surface area contributed by atoms with E-state index in [1.807, 2.05) is 13.8 Å². The lowest BCUT2D eigenvalue weighted by molar-refractivity contribution is -0.118. The summed E-state index contributed by atoms with van der Waals surface area (Å²) >= 11 is 0. The first kappa shape index (κ1) is 26.4. The molecule has 9 nitrogen and oxygen atoms in total. The summed E-state index contributed by atoms with van der Waals surface area (Å²) in [5.74, 6) is 0.105. The SMILES string of the molecule is COc1cc(NC(=O)C(C)C)ccc1C(=O)NC(CCN1CCN(C)CC1)N1CCN(C)CC1. The molecule has 190 valence electrons. The number of carbonyl (C=O) groups excluding carboxylic acids is 2. The highest BCUT2D eigenvalue weighted by atomic mass is 16.5. The zero-order valence-corrected chi connectivity index (χ0v) is 21.5. The van der Waals surface area contributed by atoms with Gasteiger partial charge in [0.05, 0.1) is 18.8 Å². The van der Waals surface area contributed by atoms with Gasteiger partial charge in [-0.1, -0.05) is 13.8 Å². The van der Waals surface area contributed by atoms with E-state index < -0.39 is 0 Å². The lowest BCUT2D eigenvalue weighted by Gasteiger charge is -2.39. The highest BCUT2D eigenvalue weighted by Gasteiger charge is 2.26. The highest BCUT2D eigenvalue weighted by Crippen LogP contribution is 2.24. The molecule has 0 spiro atoms. The van der Waals surface area contributed by atoms with Crippen molar-refractivity contribution >= 4 is 17.5 Å². The van der Waals surface area contributed by atoms with E-state index in [9.17, 15) is 9.59 Å². The van der Waals surface area contributed by atoms with Crippen LogP contribution in [0.3, 0.4) is 0 Å². The van der Waals surface area contributed by atoms with Crippen molar-refractivity contribution in [2.75, 3.05) is 85.4 Å². The first-order valence-electron chi connectivity index (χ1n) is 12.4. The number of piperazine rings is 2. The quantitative estimate of drug-likeness (QED) is 0.557. The van der Waals surface area contributed by atoms with Gasteiger partial charge in [0.15, 0.2) is 0 Å². The third kappa shape index (κ3) is 7.40. The van der Waals surface area contributed by atoms with Crippen LogP contribution in [0.5, 0.6) is 5.75 Å². The number of hydrogen-bond acceptors (Lipinski definition) is 7. The van der Waals surface area contributed by atoms with Crippen LogP contribution >= 0.6 is 0 Å². The highest BCUT2D eigenvalue weighted by molar-refractivity contribution is 5.99. The molecule has 34 heavy (non-hydrogen) atoms. The molecule has 2 heterocycles. The van der Waals surface area contributed by atoms with Crippen LogP contribution in [-0.4, -0.2) is 118 Å². The normalized spacial score (nSPS) is 19.7. The molecule has 2 aliphatic heterocycles. The number of anilines is 1. The molecule has 3 rings (SSSR count). The fourth-order valence-corrected chi connectivity index (χ4v) is 4.33. The van der Waals surface area contributed by atoms with Gasteiger partial charge in [0, 0.05) is 76.6 Å². The molecule has 0 aromatic heterocycles. The fraction of sp³-hybridized carbons (Fsp3) is 0.680. The van der Waals surface area contributed by atoms with Crippen LogP contribution in [0.4, 0.5) is 5.69 Å². The van der Waals surface area contributed by atoms with Gasteiger partial charge in [-0.05, 0) is 32.6 Å². The molecule has 2 aliphatic rings. The van der Waals surface area contributed by atoms with E-state index in [-0.39, 0.29) is 23.9 Å². The minimum absolute atomic E-state index is 0.0362. The average Bonchev–Trinajstić information content (AvgIpc) is 2.83. The fourth-order valence-electron chi connectivity index (χ4n) is 4.33. The summed E-state index contributed by atoms with van der Waals surface area (Å²) in [5.41, 5.74) is 1.10. The first-order chi connectivity index (χ1) is 16.3. The largest absolute Gasteiger partial charge is 0.496 e.